The maximum atomic E-state index is 9.48. The summed E-state index contributed by atoms with van der Waals surface area (Å²) in [5.41, 5.74) is 3.52. The molecule has 118 valence electrons. The Morgan fingerprint density at radius 3 is 2.48 bits per heavy atom. The van der Waals surface area contributed by atoms with Gasteiger partial charge in [-0.15, -0.1) is 0 Å². The molecule has 23 heavy (non-hydrogen) atoms. The predicted octanol–water partition coefficient (Wildman–Crippen LogP) is 3.79. The quantitative estimate of drug-likeness (QED) is 0.770. The van der Waals surface area contributed by atoms with E-state index in [2.05, 4.69) is 35.4 Å². The van der Waals surface area contributed by atoms with E-state index in [1.54, 1.807) is 0 Å². The molecule has 0 amide bonds. The lowest BCUT2D eigenvalue weighted by atomic mass is 10.0. The Labute approximate surface area is 136 Å². The average Bonchev–Trinajstić information content (AvgIpc) is 2.54. The van der Waals surface area contributed by atoms with E-state index >= 15 is 0 Å². The molecule has 0 saturated heterocycles. The molecule has 0 aliphatic carbocycles. The number of aliphatic hydroxyl groups excluding tert-OH is 1. The van der Waals surface area contributed by atoms with Crippen LogP contribution >= 0.6 is 0 Å². The third kappa shape index (κ3) is 3.32. The summed E-state index contributed by atoms with van der Waals surface area (Å²) < 4.78 is 0. The standard InChI is InChI=1S/C19H21N3O/c1-13-9-10-15-16(11-13)20-18(22-19(2,3)12-23)21-17(15)14-7-5-4-6-8-14/h4-11,23H,12H2,1-3H3,(H,20,21,22). The van der Waals surface area contributed by atoms with E-state index in [4.69, 9.17) is 4.98 Å². The van der Waals surface area contributed by atoms with Crippen molar-refractivity contribution >= 4 is 16.9 Å². The zero-order valence-electron chi connectivity index (χ0n) is 13.7. The summed E-state index contributed by atoms with van der Waals surface area (Å²) in [4.78, 5) is 9.32. The van der Waals surface area contributed by atoms with Gasteiger partial charge in [0.15, 0.2) is 0 Å². The molecule has 3 rings (SSSR count). The van der Waals surface area contributed by atoms with Gasteiger partial charge in [-0.2, -0.15) is 0 Å². The molecule has 2 N–H and O–H groups in total. The average molecular weight is 307 g/mol. The molecular formula is C19H21N3O. The number of nitrogens with zero attached hydrogens (tertiary/aromatic N) is 2. The van der Waals surface area contributed by atoms with Gasteiger partial charge in [-0.25, -0.2) is 9.97 Å². The monoisotopic (exact) mass is 307 g/mol. The normalized spacial score (nSPS) is 11.7. The highest BCUT2D eigenvalue weighted by molar-refractivity contribution is 5.93. The lowest BCUT2D eigenvalue weighted by Gasteiger charge is -2.24. The first-order chi connectivity index (χ1) is 11.0. The molecule has 4 heteroatoms. The zero-order chi connectivity index (χ0) is 16.4. The maximum Gasteiger partial charge on any atom is 0.224 e. The number of rotatable bonds is 4. The van der Waals surface area contributed by atoms with Crippen molar-refractivity contribution in [2.75, 3.05) is 11.9 Å². The SMILES string of the molecule is Cc1ccc2c(-c3ccccc3)nc(NC(C)(C)CO)nc2c1. The molecule has 1 heterocycles. The Balaban J connectivity index is 2.20. The smallest absolute Gasteiger partial charge is 0.224 e. The molecule has 4 nitrogen and oxygen atoms in total. The van der Waals surface area contributed by atoms with Crippen molar-refractivity contribution in [3.05, 3.63) is 54.1 Å². The Kier molecular flexibility index (Phi) is 4.01. The second-order valence-corrected chi connectivity index (χ2v) is 6.45. The first kappa shape index (κ1) is 15.4. The summed E-state index contributed by atoms with van der Waals surface area (Å²) in [6.45, 7) is 5.88. The highest BCUT2D eigenvalue weighted by atomic mass is 16.3. The Hall–Kier alpha value is -2.46. The minimum atomic E-state index is -0.481. The van der Waals surface area contributed by atoms with Gasteiger partial charge in [-0.1, -0.05) is 42.5 Å². The molecule has 0 radical (unpaired) electrons. The van der Waals surface area contributed by atoms with E-state index in [9.17, 15) is 5.11 Å². The molecule has 0 unspecified atom stereocenters. The molecule has 0 spiro atoms. The Morgan fingerprint density at radius 2 is 1.78 bits per heavy atom. The van der Waals surface area contributed by atoms with Crippen LogP contribution in [0.5, 0.6) is 0 Å². The fraction of sp³-hybridized carbons (Fsp3) is 0.263. The molecule has 0 saturated carbocycles. The molecule has 1 aromatic heterocycles. The number of benzene rings is 2. The minimum absolute atomic E-state index is 0.00286. The van der Waals surface area contributed by atoms with Crippen LogP contribution in [0.1, 0.15) is 19.4 Å². The number of aryl methyl sites for hydroxylation is 1. The number of aromatic nitrogens is 2. The van der Waals surface area contributed by atoms with Crippen molar-refractivity contribution in [3.8, 4) is 11.3 Å². The Bertz CT molecular complexity index is 829. The van der Waals surface area contributed by atoms with Crippen LogP contribution in [-0.4, -0.2) is 27.2 Å². The maximum absolute atomic E-state index is 9.48. The van der Waals surface area contributed by atoms with Crippen molar-refractivity contribution in [1.82, 2.24) is 9.97 Å². The molecule has 0 aliphatic rings. The molecule has 0 fully saturated rings. The lowest BCUT2D eigenvalue weighted by molar-refractivity contribution is 0.233. The van der Waals surface area contributed by atoms with Crippen LogP contribution < -0.4 is 5.32 Å². The van der Waals surface area contributed by atoms with Crippen LogP contribution in [0.2, 0.25) is 0 Å². The Morgan fingerprint density at radius 1 is 1.04 bits per heavy atom. The van der Waals surface area contributed by atoms with Crippen molar-refractivity contribution in [3.63, 3.8) is 0 Å². The highest BCUT2D eigenvalue weighted by Crippen LogP contribution is 2.28. The van der Waals surface area contributed by atoms with Crippen LogP contribution in [0.25, 0.3) is 22.2 Å². The van der Waals surface area contributed by atoms with Gasteiger partial charge >= 0.3 is 0 Å². The fourth-order valence-electron chi connectivity index (χ4n) is 2.45. The van der Waals surface area contributed by atoms with Crippen molar-refractivity contribution in [2.45, 2.75) is 26.3 Å². The number of hydrogen-bond donors (Lipinski definition) is 2. The number of nitrogens with one attached hydrogen (secondary N) is 1. The first-order valence-corrected chi connectivity index (χ1v) is 7.71. The van der Waals surface area contributed by atoms with E-state index in [0.29, 0.717) is 5.95 Å². The topological polar surface area (TPSA) is 58.0 Å². The van der Waals surface area contributed by atoms with Crippen LogP contribution in [0.4, 0.5) is 5.95 Å². The molecule has 0 atom stereocenters. The number of hydrogen-bond acceptors (Lipinski definition) is 4. The van der Waals surface area contributed by atoms with Crippen molar-refractivity contribution < 1.29 is 5.11 Å². The number of aliphatic hydroxyl groups is 1. The van der Waals surface area contributed by atoms with E-state index < -0.39 is 5.54 Å². The van der Waals surface area contributed by atoms with E-state index in [1.807, 2.05) is 44.2 Å². The fourth-order valence-corrected chi connectivity index (χ4v) is 2.45. The molecule has 2 aromatic carbocycles. The van der Waals surface area contributed by atoms with Gasteiger partial charge in [0.25, 0.3) is 0 Å². The third-order valence-electron chi connectivity index (χ3n) is 3.75. The summed E-state index contributed by atoms with van der Waals surface area (Å²) >= 11 is 0. The van der Waals surface area contributed by atoms with Gasteiger partial charge < -0.3 is 10.4 Å². The van der Waals surface area contributed by atoms with Crippen LogP contribution in [0, 0.1) is 6.92 Å². The predicted molar refractivity (Wildman–Crippen MR) is 94.5 cm³/mol. The molecule has 3 aromatic rings. The summed E-state index contributed by atoms with van der Waals surface area (Å²) in [6.07, 6.45) is 0. The molecule has 0 aliphatic heterocycles. The second-order valence-electron chi connectivity index (χ2n) is 6.45. The number of anilines is 1. The van der Waals surface area contributed by atoms with Gasteiger partial charge in [0, 0.05) is 10.9 Å². The highest BCUT2D eigenvalue weighted by Gasteiger charge is 2.19. The summed E-state index contributed by atoms with van der Waals surface area (Å²) in [5.74, 6) is 0.529. The van der Waals surface area contributed by atoms with Crippen molar-refractivity contribution in [2.24, 2.45) is 0 Å². The minimum Gasteiger partial charge on any atom is -0.394 e. The van der Waals surface area contributed by atoms with Gasteiger partial charge in [0.1, 0.15) is 0 Å². The van der Waals surface area contributed by atoms with Gasteiger partial charge in [-0.3, -0.25) is 0 Å². The largest absolute Gasteiger partial charge is 0.394 e. The van der Waals surface area contributed by atoms with E-state index in [-0.39, 0.29) is 6.61 Å². The lowest BCUT2D eigenvalue weighted by Crippen LogP contribution is -2.35. The summed E-state index contributed by atoms with van der Waals surface area (Å²) in [5, 5.41) is 13.7. The van der Waals surface area contributed by atoms with Gasteiger partial charge in [-0.05, 0) is 32.4 Å². The van der Waals surface area contributed by atoms with Gasteiger partial charge in [0.05, 0.1) is 23.4 Å². The van der Waals surface area contributed by atoms with Crippen LogP contribution in [0.3, 0.4) is 0 Å². The number of fused-ring (bicyclic) bond motifs is 1. The van der Waals surface area contributed by atoms with E-state index in [1.165, 1.54) is 0 Å². The van der Waals surface area contributed by atoms with Crippen molar-refractivity contribution in [1.29, 1.82) is 0 Å². The molecular weight excluding hydrogens is 286 g/mol. The van der Waals surface area contributed by atoms with E-state index in [0.717, 1.165) is 27.7 Å². The third-order valence-corrected chi connectivity index (χ3v) is 3.75. The first-order valence-electron chi connectivity index (χ1n) is 7.71. The zero-order valence-corrected chi connectivity index (χ0v) is 13.7. The summed E-state index contributed by atoms with van der Waals surface area (Å²) in [7, 11) is 0. The second kappa shape index (κ2) is 5.97. The summed E-state index contributed by atoms with van der Waals surface area (Å²) in [6, 6.07) is 16.3. The van der Waals surface area contributed by atoms with Crippen LogP contribution in [-0.2, 0) is 0 Å². The van der Waals surface area contributed by atoms with Crippen LogP contribution in [0.15, 0.2) is 48.5 Å². The molecule has 0 bridgehead atoms. The van der Waals surface area contributed by atoms with Gasteiger partial charge in [0.2, 0.25) is 5.95 Å².